The van der Waals surface area contributed by atoms with Gasteiger partial charge in [0.2, 0.25) is 0 Å². The lowest BCUT2D eigenvalue weighted by Crippen LogP contribution is -2.52. The summed E-state index contributed by atoms with van der Waals surface area (Å²) in [7, 11) is 1.89. The maximum absolute atomic E-state index is 4.90. The number of nitrogens with one attached hydrogen (secondary N) is 1. The molecule has 0 bridgehead atoms. The summed E-state index contributed by atoms with van der Waals surface area (Å²) >= 11 is 0. The van der Waals surface area contributed by atoms with Gasteiger partial charge in [0.25, 0.3) is 0 Å². The standard InChI is InChI=1S/C16H27N5O/c1-3-4-13-11-15(13)18-16(17-2)21-8-6-20(7-9-21)12-14-5-10-22-19-14/h5,10,13,15H,3-4,6-9,11-12H2,1-2H3,(H,17,18). The molecular weight excluding hydrogens is 278 g/mol. The fourth-order valence-electron chi connectivity index (χ4n) is 3.24. The predicted molar refractivity (Wildman–Crippen MR) is 86.7 cm³/mol. The third kappa shape index (κ3) is 3.80. The molecule has 6 nitrogen and oxygen atoms in total. The summed E-state index contributed by atoms with van der Waals surface area (Å²) in [6.07, 6.45) is 5.56. The van der Waals surface area contributed by atoms with E-state index >= 15 is 0 Å². The molecule has 1 aliphatic carbocycles. The Balaban J connectivity index is 1.43. The van der Waals surface area contributed by atoms with Crippen LogP contribution >= 0.6 is 0 Å². The number of rotatable bonds is 5. The van der Waals surface area contributed by atoms with E-state index in [0.29, 0.717) is 6.04 Å². The Hall–Kier alpha value is -1.56. The molecule has 2 atom stereocenters. The van der Waals surface area contributed by atoms with Crippen LogP contribution < -0.4 is 5.32 Å². The van der Waals surface area contributed by atoms with Crippen LogP contribution in [-0.4, -0.2) is 60.2 Å². The van der Waals surface area contributed by atoms with Gasteiger partial charge in [0.15, 0.2) is 5.96 Å². The van der Waals surface area contributed by atoms with Crippen molar-refractivity contribution < 1.29 is 4.52 Å². The monoisotopic (exact) mass is 305 g/mol. The minimum atomic E-state index is 0.645. The lowest BCUT2D eigenvalue weighted by molar-refractivity contribution is 0.169. The normalized spacial score (nSPS) is 26.3. The molecule has 1 N–H and O–H groups in total. The van der Waals surface area contributed by atoms with Crippen molar-refractivity contribution in [1.29, 1.82) is 0 Å². The summed E-state index contributed by atoms with van der Waals surface area (Å²) in [5, 5.41) is 7.62. The molecule has 1 saturated heterocycles. The van der Waals surface area contributed by atoms with E-state index in [1.54, 1.807) is 6.26 Å². The zero-order valence-corrected chi connectivity index (χ0v) is 13.7. The molecule has 2 aliphatic rings. The second-order valence-corrected chi connectivity index (χ2v) is 6.34. The van der Waals surface area contributed by atoms with Gasteiger partial charge >= 0.3 is 0 Å². The van der Waals surface area contributed by atoms with Crippen LogP contribution in [0.15, 0.2) is 21.8 Å². The fraction of sp³-hybridized carbons (Fsp3) is 0.750. The molecule has 0 spiro atoms. The summed E-state index contributed by atoms with van der Waals surface area (Å²) in [6, 6.07) is 2.58. The van der Waals surface area contributed by atoms with Crippen molar-refractivity contribution in [3.8, 4) is 0 Å². The van der Waals surface area contributed by atoms with E-state index in [-0.39, 0.29) is 0 Å². The van der Waals surface area contributed by atoms with Crippen LogP contribution in [0, 0.1) is 5.92 Å². The first kappa shape index (κ1) is 15.3. The van der Waals surface area contributed by atoms with Gasteiger partial charge in [-0.15, -0.1) is 0 Å². The zero-order chi connectivity index (χ0) is 15.4. The van der Waals surface area contributed by atoms with Gasteiger partial charge in [-0.3, -0.25) is 9.89 Å². The molecule has 122 valence electrons. The van der Waals surface area contributed by atoms with Crippen molar-refractivity contribution in [2.45, 2.75) is 38.8 Å². The fourth-order valence-corrected chi connectivity index (χ4v) is 3.24. The molecule has 1 aromatic rings. The number of aromatic nitrogens is 1. The lowest BCUT2D eigenvalue weighted by Gasteiger charge is -2.36. The van der Waals surface area contributed by atoms with E-state index in [1.165, 1.54) is 19.3 Å². The number of aliphatic imine (C=N–C) groups is 1. The van der Waals surface area contributed by atoms with Gasteiger partial charge in [-0.25, -0.2) is 0 Å². The van der Waals surface area contributed by atoms with Crippen molar-refractivity contribution in [3.63, 3.8) is 0 Å². The Bertz CT molecular complexity index is 479. The number of hydrogen-bond donors (Lipinski definition) is 1. The van der Waals surface area contributed by atoms with Crippen LogP contribution in [0.3, 0.4) is 0 Å². The number of piperazine rings is 1. The van der Waals surface area contributed by atoms with Crippen LogP contribution in [0.2, 0.25) is 0 Å². The van der Waals surface area contributed by atoms with E-state index in [2.05, 4.69) is 32.2 Å². The predicted octanol–water partition coefficient (Wildman–Crippen LogP) is 1.56. The molecule has 2 fully saturated rings. The number of nitrogens with zero attached hydrogens (tertiary/aromatic N) is 4. The second-order valence-electron chi connectivity index (χ2n) is 6.34. The molecule has 0 radical (unpaired) electrons. The minimum absolute atomic E-state index is 0.645. The van der Waals surface area contributed by atoms with Crippen molar-refractivity contribution in [2.75, 3.05) is 33.2 Å². The van der Waals surface area contributed by atoms with Crippen LogP contribution in [0.4, 0.5) is 0 Å². The first-order valence-electron chi connectivity index (χ1n) is 8.40. The zero-order valence-electron chi connectivity index (χ0n) is 13.7. The molecule has 1 saturated carbocycles. The molecule has 1 aromatic heterocycles. The largest absolute Gasteiger partial charge is 0.364 e. The number of hydrogen-bond acceptors (Lipinski definition) is 4. The van der Waals surface area contributed by atoms with Crippen molar-refractivity contribution >= 4 is 5.96 Å². The Morgan fingerprint density at radius 2 is 2.23 bits per heavy atom. The summed E-state index contributed by atoms with van der Waals surface area (Å²) in [6.45, 7) is 7.24. The minimum Gasteiger partial charge on any atom is -0.364 e. The van der Waals surface area contributed by atoms with Gasteiger partial charge < -0.3 is 14.7 Å². The Kier molecular flexibility index (Phi) is 4.97. The van der Waals surface area contributed by atoms with Crippen molar-refractivity contribution in [2.24, 2.45) is 10.9 Å². The van der Waals surface area contributed by atoms with Gasteiger partial charge in [-0.2, -0.15) is 0 Å². The van der Waals surface area contributed by atoms with Crippen molar-refractivity contribution in [3.05, 3.63) is 18.0 Å². The van der Waals surface area contributed by atoms with Gasteiger partial charge in [-0.05, 0) is 18.8 Å². The summed E-state index contributed by atoms with van der Waals surface area (Å²) in [5.74, 6) is 1.93. The van der Waals surface area contributed by atoms with Gasteiger partial charge in [0, 0.05) is 51.9 Å². The first-order valence-corrected chi connectivity index (χ1v) is 8.40. The van der Waals surface area contributed by atoms with Gasteiger partial charge in [0.1, 0.15) is 6.26 Å². The third-order valence-corrected chi connectivity index (χ3v) is 4.66. The van der Waals surface area contributed by atoms with Gasteiger partial charge in [0.05, 0.1) is 5.69 Å². The highest BCUT2D eigenvalue weighted by Crippen LogP contribution is 2.34. The Labute approximate surface area is 132 Å². The number of guanidine groups is 1. The molecule has 2 unspecified atom stereocenters. The van der Waals surface area contributed by atoms with E-state index in [0.717, 1.165) is 50.3 Å². The summed E-state index contributed by atoms with van der Waals surface area (Å²) in [5.41, 5.74) is 1.01. The Morgan fingerprint density at radius 1 is 1.41 bits per heavy atom. The molecule has 3 rings (SSSR count). The topological polar surface area (TPSA) is 56.9 Å². The molecule has 0 amide bonds. The average Bonchev–Trinajstić information content (AvgIpc) is 3.05. The quantitative estimate of drug-likeness (QED) is 0.661. The molecule has 0 aromatic carbocycles. The highest BCUT2D eigenvalue weighted by molar-refractivity contribution is 5.80. The van der Waals surface area contributed by atoms with Crippen LogP contribution in [-0.2, 0) is 6.54 Å². The SMILES string of the molecule is CCCC1CC1NC(=NC)N1CCN(Cc2ccon2)CC1. The smallest absolute Gasteiger partial charge is 0.193 e. The molecule has 22 heavy (non-hydrogen) atoms. The Morgan fingerprint density at radius 3 is 2.86 bits per heavy atom. The highest BCUT2D eigenvalue weighted by atomic mass is 16.5. The summed E-state index contributed by atoms with van der Waals surface area (Å²) < 4.78 is 4.90. The maximum Gasteiger partial charge on any atom is 0.193 e. The highest BCUT2D eigenvalue weighted by Gasteiger charge is 2.37. The molecule has 6 heteroatoms. The molecule has 1 aliphatic heterocycles. The van der Waals surface area contributed by atoms with Crippen LogP contribution in [0.1, 0.15) is 31.9 Å². The first-order chi connectivity index (χ1) is 10.8. The van der Waals surface area contributed by atoms with E-state index < -0.39 is 0 Å². The molecular formula is C16H27N5O. The van der Waals surface area contributed by atoms with Gasteiger partial charge in [-0.1, -0.05) is 18.5 Å². The third-order valence-electron chi connectivity index (χ3n) is 4.66. The maximum atomic E-state index is 4.90. The second kappa shape index (κ2) is 7.13. The average molecular weight is 305 g/mol. The van der Waals surface area contributed by atoms with Crippen molar-refractivity contribution in [1.82, 2.24) is 20.3 Å². The van der Waals surface area contributed by atoms with E-state index in [4.69, 9.17) is 4.52 Å². The van der Waals surface area contributed by atoms with E-state index in [9.17, 15) is 0 Å². The lowest BCUT2D eigenvalue weighted by atomic mass is 10.2. The van der Waals surface area contributed by atoms with Crippen LogP contribution in [0.25, 0.3) is 0 Å². The molecule has 2 heterocycles. The summed E-state index contributed by atoms with van der Waals surface area (Å²) in [4.78, 5) is 9.26. The van der Waals surface area contributed by atoms with Crippen LogP contribution in [0.5, 0.6) is 0 Å². The van der Waals surface area contributed by atoms with E-state index in [1.807, 2.05) is 13.1 Å².